The molecular weight excluding hydrogens is 586 g/mol. The van der Waals surface area contributed by atoms with E-state index in [4.69, 9.17) is 4.98 Å². The Morgan fingerprint density at radius 2 is 1.25 bits per heavy atom. The Morgan fingerprint density at radius 3 is 1.88 bits per heavy atom. The number of rotatable bonds is 7. The van der Waals surface area contributed by atoms with Gasteiger partial charge in [-0.3, -0.25) is 4.57 Å². The lowest BCUT2D eigenvalue weighted by Crippen LogP contribution is -2.15. The first-order valence-electron chi connectivity index (χ1n) is 12.4. The summed E-state index contributed by atoms with van der Waals surface area (Å²) in [7, 11) is -3.88. The van der Waals surface area contributed by atoms with Gasteiger partial charge in [-0.25, -0.2) is 28.1 Å². The summed E-state index contributed by atoms with van der Waals surface area (Å²) < 4.78 is 31.5. The minimum absolute atomic E-state index is 0.0116. The van der Waals surface area contributed by atoms with Crippen molar-refractivity contribution in [2.75, 3.05) is 4.72 Å². The molecule has 0 bridgehead atoms. The molecule has 0 aliphatic carbocycles. The Labute approximate surface area is 240 Å². The molecule has 0 aliphatic rings. The van der Waals surface area contributed by atoms with E-state index in [0.717, 1.165) is 44.1 Å². The predicted octanol–water partition coefficient (Wildman–Crippen LogP) is 7.23. The first-order chi connectivity index (χ1) is 19.5. The number of anilines is 1. The maximum Gasteiger partial charge on any atom is 0.264 e. The van der Waals surface area contributed by atoms with Crippen molar-refractivity contribution in [1.29, 1.82) is 0 Å². The molecule has 0 amide bonds. The molecule has 6 aromatic rings. The van der Waals surface area contributed by atoms with E-state index in [0.29, 0.717) is 0 Å². The number of nitrogens with one attached hydrogen (secondary N) is 1. The molecule has 0 fully saturated rings. The Bertz CT molecular complexity index is 1860. The molecule has 2 aromatic heterocycles. The highest BCUT2D eigenvalue weighted by molar-refractivity contribution is 9.10. The lowest BCUT2D eigenvalue weighted by molar-refractivity contribution is 0.601. The third-order valence-electron chi connectivity index (χ3n) is 6.27. The van der Waals surface area contributed by atoms with Gasteiger partial charge in [-0.1, -0.05) is 88.7 Å². The Balaban J connectivity index is 1.54. The van der Waals surface area contributed by atoms with Gasteiger partial charge in [0.25, 0.3) is 10.0 Å². The van der Waals surface area contributed by atoms with Crippen molar-refractivity contribution in [3.8, 4) is 39.6 Å². The number of nitrogens with zero attached hydrogens (tertiary/aromatic N) is 4. The summed E-state index contributed by atoms with van der Waals surface area (Å²) in [6.07, 6.45) is 2.96. The Kier molecular flexibility index (Phi) is 6.98. The standard InChI is InChI=1S/C31H22BrN5O2S/c32-25-14-12-24(13-15-25)30-35-28(22-8-3-1-4-9-22)29(23-10-5-2-6-11-23)37(30)26-16-18-27(19-17-26)40(38,39)36-31-33-20-7-21-34-31/h1-21H,(H,33,34,36). The van der Waals surface area contributed by atoms with Crippen LogP contribution in [0.3, 0.4) is 0 Å². The second-order valence-electron chi connectivity index (χ2n) is 8.88. The smallest absolute Gasteiger partial charge is 0.264 e. The van der Waals surface area contributed by atoms with Crippen LogP contribution in [0.1, 0.15) is 0 Å². The van der Waals surface area contributed by atoms with Crippen molar-refractivity contribution in [2.24, 2.45) is 0 Å². The molecule has 7 nitrogen and oxygen atoms in total. The molecule has 0 saturated heterocycles. The second kappa shape index (κ2) is 10.9. The lowest BCUT2D eigenvalue weighted by atomic mass is 10.0. The van der Waals surface area contributed by atoms with Crippen LogP contribution in [0.4, 0.5) is 5.95 Å². The fourth-order valence-corrected chi connectivity index (χ4v) is 5.65. The molecule has 2 heterocycles. The van der Waals surface area contributed by atoms with Crippen LogP contribution >= 0.6 is 15.9 Å². The number of hydrogen-bond acceptors (Lipinski definition) is 5. The van der Waals surface area contributed by atoms with Gasteiger partial charge in [-0.15, -0.1) is 0 Å². The zero-order valence-corrected chi connectivity index (χ0v) is 23.4. The van der Waals surface area contributed by atoms with E-state index >= 15 is 0 Å². The summed E-state index contributed by atoms with van der Waals surface area (Å²) in [6.45, 7) is 0. The third kappa shape index (κ3) is 5.16. The van der Waals surface area contributed by atoms with Crippen LogP contribution in [0.15, 0.2) is 137 Å². The fraction of sp³-hybridized carbons (Fsp3) is 0. The monoisotopic (exact) mass is 607 g/mol. The largest absolute Gasteiger partial charge is 0.292 e. The molecule has 6 rings (SSSR count). The SMILES string of the molecule is O=S(=O)(Nc1ncccn1)c1ccc(-n2c(-c3ccc(Br)cc3)nc(-c3ccccc3)c2-c2ccccc2)cc1. The summed E-state index contributed by atoms with van der Waals surface area (Å²) in [6, 6.07) is 36.4. The summed E-state index contributed by atoms with van der Waals surface area (Å²) in [5.74, 6) is 0.745. The van der Waals surface area contributed by atoms with E-state index in [-0.39, 0.29) is 10.8 Å². The molecule has 0 unspecified atom stereocenters. The van der Waals surface area contributed by atoms with Crippen molar-refractivity contribution in [1.82, 2.24) is 19.5 Å². The van der Waals surface area contributed by atoms with Crippen LogP contribution in [-0.4, -0.2) is 27.9 Å². The van der Waals surface area contributed by atoms with Crippen LogP contribution in [0, 0.1) is 0 Å². The van der Waals surface area contributed by atoms with Gasteiger partial charge in [-0.2, -0.15) is 0 Å². The highest BCUT2D eigenvalue weighted by Crippen LogP contribution is 2.39. The van der Waals surface area contributed by atoms with Gasteiger partial charge in [0.15, 0.2) is 0 Å². The molecule has 0 spiro atoms. The van der Waals surface area contributed by atoms with E-state index in [9.17, 15) is 8.42 Å². The van der Waals surface area contributed by atoms with Crippen molar-refractivity contribution in [2.45, 2.75) is 4.90 Å². The number of aromatic nitrogens is 4. The summed E-state index contributed by atoms with van der Waals surface area (Å²) in [5, 5.41) is 0. The van der Waals surface area contributed by atoms with Crippen LogP contribution in [0.25, 0.3) is 39.6 Å². The van der Waals surface area contributed by atoms with Crippen molar-refractivity contribution in [3.05, 3.63) is 132 Å². The minimum atomic E-state index is -3.88. The molecule has 40 heavy (non-hydrogen) atoms. The zero-order valence-electron chi connectivity index (χ0n) is 21.0. The van der Waals surface area contributed by atoms with Crippen LogP contribution in [0.2, 0.25) is 0 Å². The first kappa shape index (κ1) is 25.7. The van der Waals surface area contributed by atoms with E-state index in [2.05, 4.69) is 35.2 Å². The predicted molar refractivity (Wildman–Crippen MR) is 160 cm³/mol. The molecule has 0 radical (unpaired) electrons. The van der Waals surface area contributed by atoms with Crippen LogP contribution in [-0.2, 0) is 10.0 Å². The lowest BCUT2D eigenvalue weighted by Gasteiger charge is -2.15. The zero-order chi connectivity index (χ0) is 27.5. The van der Waals surface area contributed by atoms with Gasteiger partial charge < -0.3 is 0 Å². The summed E-state index contributed by atoms with van der Waals surface area (Å²) >= 11 is 3.53. The van der Waals surface area contributed by atoms with Gasteiger partial charge in [0.1, 0.15) is 5.82 Å². The van der Waals surface area contributed by atoms with Gasteiger partial charge in [0.05, 0.1) is 16.3 Å². The minimum Gasteiger partial charge on any atom is -0.292 e. The molecule has 0 aliphatic heterocycles. The molecule has 196 valence electrons. The number of imidazole rings is 1. The van der Waals surface area contributed by atoms with Crippen LogP contribution < -0.4 is 4.72 Å². The Morgan fingerprint density at radius 1 is 0.650 bits per heavy atom. The maximum absolute atomic E-state index is 13.0. The van der Waals surface area contributed by atoms with E-state index in [1.54, 1.807) is 30.3 Å². The number of halogens is 1. The first-order valence-corrected chi connectivity index (χ1v) is 14.7. The number of sulfonamides is 1. The van der Waals surface area contributed by atoms with Crippen molar-refractivity contribution in [3.63, 3.8) is 0 Å². The fourth-order valence-electron chi connectivity index (χ4n) is 4.43. The highest BCUT2D eigenvalue weighted by atomic mass is 79.9. The van der Waals surface area contributed by atoms with Crippen LogP contribution in [0.5, 0.6) is 0 Å². The average Bonchev–Trinajstić information content (AvgIpc) is 3.39. The summed E-state index contributed by atoms with van der Waals surface area (Å²) in [5.41, 5.74) is 5.37. The van der Waals surface area contributed by atoms with Gasteiger partial charge in [-0.05, 0) is 42.5 Å². The molecule has 4 aromatic carbocycles. The average molecular weight is 609 g/mol. The van der Waals surface area contributed by atoms with Crippen molar-refractivity contribution >= 4 is 31.9 Å². The molecule has 0 saturated carbocycles. The van der Waals surface area contributed by atoms with Gasteiger partial charge >= 0.3 is 0 Å². The number of hydrogen-bond donors (Lipinski definition) is 1. The topological polar surface area (TPSA) is 89.8 Å². The molecular formula is C31H22BrN5O2S. The van der Waals surface area contributed by atoms with E-state index in [1.165, 1.54) is 12.4 Å². The quantitative estimate of drug-likeness (QED) is 0.207. The van der Waals surface area contributed by atoms with E-state index < -0.39 is 10.0 Å². The van der Waals surface area contributed by atoms with Crippen molar-refractivity contribution < 1.29 is 8.42 Å². The Hall–Kier alpha value is -4.60. The maximum atomic E-state index is 13.0. The normalized spacial score (nSPS) is 11.3. The van der Waals surface area contributed by atoms with Gasteiger partial charge in [0.2, 0.25) is 5.95 Å². The highest BCUT2D eigenvalue weighted by Gasteiger charge is 2.23. The third-order valence-corrected chi connectivity index (χ3v) is 8.14. The van der Waals surface area contributed by atoms with Gasteiger partial charge in [0, 0.05) is 39.2 Å². The van der Waals surface area contributed by atoms with E-state index in [1.807, 2.05) is 84.9 Å². The molecule has 9 heteroatoms. The summed E-state index contributed by atoms with van der Waals surface area (Å²) in [4.78, 5) is 13.2. The molecule has 1 N–H and O–H groups in total. The second-order valence-corrected chi connectivity index (χ2v) is 11.5. The molecule has 0 atom stereocenters. The number of benzene rings is 4.